The van der Waals surface area contributed by atoms with Crippen LogP contribution in [-0.4, -0.2) is 15.2 Å². The summed E-state index contributed by atoms with van der Waals surface area (Å²) in [6.07, 6.45) is 1.79. The first-order valence-electron chi connectivity index (χ1n) is 8.48. The van der Waals surface area contributed by atoms with Crippen LogP contribution in [0, 0.1) is 0 Å². The molecule has 0 unspecified atom stereocenters. The van der Waals surface area contributed by atoms with E-state index < -0.39 is 0 Å². The van der Waals surface area contributed by atoms with E-state index in [4.69, 9.17) is 0 Å². The molecule has 0 atom stereocenters. The Balaban J connectivity index is 1.43. The Morgan fingerprint density at radius 3 is 2.62 bits per heavy atom. The van der Waals surface area contributed by atoms with Crippen molar-refractivity contribution in [2.45, 2.75) is 6.54 Å². The molecule has 0 spiro atoms. The van der Waals surface area contributed by atoms with Gasteiger partial charge in [-0.2, -0.15) is 5.10 Å². The molecule has 0 amide bonds. The number of nitrogens with one attached hydrogen (secondary N) is 2. The second kappa shape index (κ2) is 6.28. The van der Waals surface area contributed by atoms with Gasteiger partial charge in [0.05, 0.1) is 10.2 Å². The number of thiophene rings is 1. The second-order valence-corrected chi connectivity index (χ2v) is 7.19. The van der Waals surface area contributed by atoms with E-state index in [1.54, 1.807) is 17.5 Å². The Labute approximate surface area is 154 Å². The molecule has 0 bridgehead atoms. The largest absolute Gasteiger partial charge is 0.366 e. The molecule has 0 aliphatic rings. The molecule has 0 aliphatic heterocycles. The van der Waals surface area contributed by atoms with Gasteiger partial charge in [-0.05, 0) is 23.8 Å². The smallest absolute Gasteiger partial charge is 0.126 e. The summed E-state index contributed by atoms with van der Waals surface area (Å²) in [7, 11) is 0. The summed E-state index contributed by atoms with van der Waals surface area (Å²) in [6.45, 7) is 0.746. The van der Waals surface area contributed by atoms with Crippen LogP contribution in [0.25, 0.3) is 31.6 Å². The van der Waals surface area contributed by atoms with Crippen molar-refractivity contribution >= 4 is 37.5 Å². The quantitative estimate of drug-likeness (QED) is 0.450. The summed E-state index contributed by atoms with van der Waals surface area (Å²) in [5, 5.41) is 12.3. The van der Waals surface area contributed by atoms with Crippen molar-refractivity contribution < 1.29 is 0 Å². The van der Waals surface area contributed by atoms with E-state index in [9.17, 15) is 0 Å². The number of anilines is 1. The summed E-state index contributed by atoms with van der Waals surface area (Å²) in [5.74, 6) is 0.885. The summed E-state index contributed by atoms with van der Waals surface area (Å²) in [6, 6.07) is 22.9. The Morgan fingerprint density at radius 1 is 0.923 bits per heavy atom. The van der Waals surface area contributed by atoms with Crippen LogP contribution in [0.2, 0.25) is 0 Å². The molecule has 2 N–H and O–H groups in total. The van der Waals surface area contributed by atoms with E-state index in [1.165, 1.54) is 20.3 Å². The van der Waals surface area contributed by atoms with Gasteiger partial charge in [-0.3, -0.25) is 5.10 Å². The fourth-order valence-corrected chi connectivity index (χ4v) is 4.29. The molecule has 0 saturated heterocycles. The van der Waals surface area contributed by atoms with Crippen LogP contribution in [0.15, 0.2) is 72.9 Å². The number of pyridine rings is 1. The molecule has 5 aromatic rings. The van der Waals surface area contributed by atoms with Gasteiger partial charge in [0.15, 0.2) is 0 Å². The fourth-order valence-electron chi connectivity index (χ4n) is 3.12. The lowest BCUT2D eigenvalue weighted by atomic mass is 10.1. The second-order valence-electron chi connectivity index (χ2n) is 6.14. The first kappa shape index (κ1) is 15.1. The monoisotopic (exact) mass is 356 g/mol. The Bertz CT molecular complexity index is 1170. The highest BCUT2D eigenvalue weighted by atomic mass is 32.1. The van der Waals surface area contributed by atoms with Gasteiger partial charge in [-0.1, -0.05) is 48.5 Å². The number of fused-ring (bicyclic) bond motifs is 3. The van der Waals surface area contributed by atoms with Crippen molar-refractivity contribution in [1.29, 1.82) is 0 Å². The SMILES string of the molecule is c1ccc(NCc2ccc(-c3n[nH]c4c3sc3ccccc34)cc2)nc1. The predicted octanol–water partition coefficient (Wildman–Crippen LogP) is 5.45. The van der Waals surface area contributed by atoms with Crippen LogP contribution in [0.3, 0.4) is 0 Å². The van der Waals surface area contributed by atoms with Crippen molar-refractivity contribution in [2.75, 3.05) is 5.32 Å². The van der Waals surface area contributed by atoms with Crippen LogP contribution in [0.4, 0.5) is 5.82 Å². The van der Waals surface area contributed by atoms with E-state index in [-0.39, 0.29) is 0 Å². The Hall–Kier alpha value is -3.18. The Morgan fingerprint density at radius 2 is 1.77 bits per heavy atom. The molecule has 0 fully saturated rings. The van der Waals surface area contributed by atoms with Gasteiger partial charge >= 0.3 is 0 Å². The number of aromatic nitrogens is 3. The van der Waals surface area contributed by atoms with E-state index in [0.717, 1.165) is 29.1 Å². The zero-order valence-corrected chi connectivity index (χ0v) is 14.8. The lowest BCUT2D eigenvalue weighted by molar-refractivity contribution is 1.11. The number of hydrogen-bond acceptors (Lipinski definition) is 4. The van der Waals surface area contributed by atoms with Crippen molar-refractivity contribution in [3.05, 3.63) is 78.5 Å². The highest BCUT2D eigenvalue weighted by molar-refractivity contribution is 7.26. The molecule has 0 aliphatic carbocycles. The molecule has 4 nitrogen and oxygen atoms in total. The lowest BCUT2D eigenvalue weighted by Crippen LogP contribution is -2.00. The molecule has 2 aromatic carbocycles. The number of benzene rings is 2. The minimum absolute atomic E-state index is 0.746. The Kier molecular flexibility index (Phi) is 3.65. The fraction of sp³-hybridized carbons (Fsp3) is 0.0476. The standard InChI is InChI=1S/C21H16N4S/c1-2-6-17-16(5-1)20-21(26-17)19(24-25-20)15-10-8-14(9-11-15)13-23-18-7-3-4-12-22-18/h1-12H,13H2,(H,22,23)(H,24,25). The van der Waals surface area contributed by atoms with Crippen LogP contribution < -0.4 is 5.32 Å². The number of H-pyrrole nitrogens is 1. The number of aromatic amines is 1. The maximum Gasteiger partial charge on any atom is 0.126 e. The van der Waals surface area contributed by atoms with Crippen molar-refractivity contribution in [2.24, 2.45) is 0 Å². The van der Waals surface area contributed by atoms with Gasteiger partial charge < -0.3 is 5.32 Å². The van der Waals surface area contributed by atoms with E-state index >= 15 is 0 Å². The van der Waals surface area contributed by atoms with Crippen LogP contribution in [0.1, 0.15) is 5.56 Å². The average Bonchev–Trinajstić information content (AvgIpc) is 3.27. The minimum Gasteiger partial charge on any atom is -0.366 e. The molecule has 126 valence electrons. The number of hydrogen-bond donors (Lipinski definition) is 2. The van der Waals surface area contributed by atoms with Crippen molar-refractivity contribution in [3.63, 3.8) is 0 Å². The van der Waals surface area contributed by atoms with Gasteiger partial charge in [0.25, 0.3) is 0 Å². The maximum absolute atomic E-state index is 4.56. The summed E-state index contributed by atoms with van der Waals surface area (Å²) < 4.78 is 2.50. The molecular weight excluding hydrogens is 340 g/mol. The van der Waals surface area contributed by atoms with Crippen LogP contribution in [-0.2, 0) is 6.54 Å². The summed E-state index contributed by atoms with van der Waals surface area (Å²) in [5.41, 5.74) is 4.49. The minimum atomic E-state index is 0.746. The van der Waals surface area contributed by atoms with Gasteiger partial charge in [0.1, 0.15) is 11.5 Å². The van der Waals surface area contributed by atoms with Gasteiger partial charge in [-0.25, -0.2) is 4.98 Å². The lowest BCUT2D eigenvalue weighted by Gasteiger charge is -2.06. The molecule has 3 heterocycles. The van der Waals surface area contributed by atoms with E-state index in [1.807, 2.05) is 18.2 Å². The summed E-state index contributed by atoms with van der Waals surface area (Å²) in [4.78, 5) is 4.28. The normalized spacial score (nSPS) is 11.2. The third kappa shape index (κ3) is 2.62. The molecule has 5 rings (SSSR count). The first-order chi connectivity index (χ1) is 12.9. The molecule has 0 radical (unpaired) electrons. The van der Waals surface area contributed by atoms with Crippen LogP contribution >= 0.6 is 11.3 Å². The first-order valence-corrected chi connectivity index (χ1v) is 9.30. The topological polar surface area (TPSA) is 53.6 Å². The van der Waals surface area contributed by atoms with Crippen LogP contribution in [0.5, 0.6) is 0 Å². The zero-order chi connectivity index (χ0) is 17.3. The van der Waals surface area contributed by atoms with Gasteiger partial charge in [0, 0.05) is 28.4 Å². The van der Waals surface area contributed by atoms with E-state index in [2.05, 4.69) is 69.0 Å². The zero-order valence-electron chi connectivity index (χ0n) is 13.9. The van der Waals surface area contributed by atoms with Crippen molar-refractivity contribution in [3.8, 4) is 11.3 Å². The highest BCUT2D eigenvalue weighted by Crippen LogP contribution is 2.38. The third-order valence-electron chi connectivity index (χ3n) is 4.46. The molecule has 5 heteroatoms. The number of nitrogens with zero attached hydrogens (tertiary/aromatic N) is 2. The predicted molar refractivity (Wildman–Crippen MR) is 108 cm³/mol. The van der Waals surface area contributed by atoms with E-state index in [0.29, 0.717) is 0 Å². The average molecular weight is 356 g/mol. The van der Waals surface area contributed by atoms with Crippen molar-refractivity contribution in [1.82, 2.24) is 15.2 Å². The number of rotatable bonds is 4. The maximum atomic E-state index is 4.56. The highest BCUT2D eigenvalue weighted by Gasteiger charge is 2.13. The molecule has 3 aromatic heterocycles. The van der Waals surface area contributed by atoms with Gasteiger partial charge in [-0.15, -0.1) is 11.3 Å². The molecule has 0 saturated carbocycles. The molecule has 26 heavy (non-hydrogen) atoms. The summed E-state index contributed by atoms with van der Waals surface area (Å²) >= 11 is 1.79. The molecular formula is C21H16N4S. The van der Waals surface area contributed by atoms with Gasteiger partial charge in [0.2, 0.25) is 0 Å². The third-order valence-corrected chi connectivity index (χ3v) is 5.63.